The van der Waals surface area contributed by atoms with Crippen molar-refractivity contribution in [1.29, 1.82) is 0 Å². The number of nitrogens with zero attached hydrogens (tertiary/aromatic N) is 2. The van der Waals surface area contributed by atoms with Crippen LogP contribution < -0.4 is 10.6 Å². The first kappa shape index (κ1) is 21.1. The van der Waals surface area contributed by atoms with Gasteiger partial charge < -0.3 is 15.4 Å². The molecule has 0 unspecified atom stereocenters. The second kappa shape index (κ2) is 10.2. The Morgan fingerprint density at radius 1 is 1.07 bits per heavy atom. The largest absolute Gasteiger partial charge is 0.466 e. The number of rotatable bonds is 8. The molecule has 2 aromatic rings. The standard InChI is InChI=1S/C21H26N4O3/c1-14(2)20(21(27)24-15(3)16-8-6-5-7-9-16)25-18-13-22-17(12-23-18)10-11-19(26)28-4/h5-15,20H,1-4H3,(H,23,25)(H,24,27)/t15-,20+/m0/s1. The smallest absolute Gasteiger partial charge is 0.330 e. The Morgan fingerprint density at radius 2 is 1.79 bits per heavy atom. The Kier molecular flexibility index (Phi) is 7.68. The van der Waals surface area contributed by atoms with Gasteiger partial charge in [-0.25, -0.2) is 9.78 Å². The van der Waals surface area contributed by atoms with Crippen LogP contribution >= 0.6 is 0 Å². The van der Waals surface area contributed by atoms with Crippen LogP contribution in [0.3, 0.4) is 0 Å². The summed E-state index contributed by atoms with van der Waals surface area (Å²) in [6.07, 6.45) is 5.83. The van der Waals surface area contributed by atoms with Gasteiger partial charge in [-0.2, -0.15) is 0 Å². The summed E-state index contributed by atoms with van der Waals surface area (Å²) in [7, 11) is 1.31. The summed E-state index contributed by atoms with van der Waals surface area (Å²) in [6.45, 7) is 5.88. The van der Waals surface area contributed by atoms with Crippen molar-refractivity contribution in [3.8, 4) is 0 Å². The van der Waals surface area contributed by atoms with Crippen molar-refractivity contribution in [1.82, 2.24) is 15.3 Å². The average molecular weight is 382 g/mol. The molecule has 2 atom stereocenters. The van der Waals surface area contributed by atoms with Gasteiger partial charge in [0.15, 0.2) is 0 Å². The van der Waals surface area contributed by atoms with Crippen molar-refractivity contribution < 1.29 is 14.3 Å². The third-order valence-corrected chi connectivity index (χ3v) is 4.17. The van der Waals surface area contributed by atoms with Crippen LogP contribution in [0.2, 0.25) is 0 Å². The molecule has 1 amide bonds. The van der Waals surface area contributed by atoms with Crippen LogP contribution in [0, 0.1) is 5.92 Å². The van der Waals surface area contributed by atoms with Gasteiger partial charge in [-0.3, -0.25) is 9.78 Å². The van der Waals surface area contributed by atoms with Gasteiger partial charge in [0, 0.05) is 6.08 Å². The normalized spacial score (nSPS) is 13.2. The molecule has 0 saturated carbocycles. The molecule has 0 aliphatic rings. The number of aromatic nitrogens is 2. The summed E-state index contributed by atoms with van der Waals surface area (Å²) >= 11 is 0. The van der Waals surface area contributed by atoms with Crippen LogP contribution in [-0.4, -0.2) is 35.0 Å². The first-order valence-electron chi connectivity index (χ1n) is 9.10. The van der Waals surface area contributed by atoms with E-state index in [1.807, 2.05) is 51.1 Å². The number of hydrogen-bond acceptors (Lipinski definition) is 6. The number of ether oxygens (including phenoxy) is 1. The lowest BCUT2D eigenvalue weighted by atomic mass is 10.0. The number of carbonyl (C=O) groups is 2. The second-order valence-corrected chi connectivity index (χ2v) is 6.69. The predicted octanol–water partition coefficient (Wildman–Crippen LogP) is 2.98. The van der Waals surface area contributed by atoms with E-state index in [0.717, 1.165) is 5.56 Å². The third kappa shape index (κ3) is 6.19. The molecular weight excluding hydrogens is 356 g/mol. The maximum absolute atomic E-state index is 12.8. The number of nitrogens with one attached hydrogen (secondary N) is 2. The number of benzene rings is 1. The van der Waals surface area contributed by atoms with Gasteiger partial charge >= 0.3 is 5.97 Å². The van der Waals surface area contributed by atoms with Crippen LogP contribution in [0.4, 0.5) is 5.82 Å². The van der Waals surface area contributed by atoms with Crippen LogP contribution in [0.25, 0.3) is 6.08 Å². The highest BCUT2D eigenvalue weighted by Crippen LogP contribution is 2.15. The van der Waals surface area contributed by atoms with Gasteiger partial charge in [0.05, 0.1) is 31.2 Å². The number of hydrogen-bond donors (Lipinski definition) is 2. The van der Waals surface area contributed by atoms with E-state index in [4.69, 9.17) is 0 Å². The van der Waals surface area contributed by atoms with E-state index in [9.17, 15) is 9.59 Å². The van der Waals surface area contributed by atoms with E-state index < -0.39 is 12.0 Å². The summed E-state index contributed by atoms with van der Waals surface area (Å²) in [5.41, 5.74) is 1.55. The number of methoxy groups -OCH3 is 1. The molecular formula is C21H26N4O3. The van der Waals surface area contributed by atoms with Crippen molar-refractivity contribution >= 4 is 23.8 Å². The van der Waals surface area contributed by atoms with Crippen LogP contribution in [0.5, 0.6) is 0 Å². The summed E-state index contributed by atoms with van der Waals surface area (Å²) in [5.74, 6) is -0.0454. The first-order chi connectivity index (χ1) is 13.4. The van der Waals surface area contributed by atoms with E-state index in [0.29, 0.717) is 11.5 Å². The lowest BCUT2D eigenvalue weighted by Gasteiger charge is -2.24. The Morgan fingerprint density at radius 3 is 2.36 bits per heavy atom. The van der Waals surface area contributed by atoms with Crippen molar-refractivity contribution in [2.45, 2.75) is 32.9 Å². The van der Waals surface area contributed by atoms with Crippen molar-refractivity contribution in [3.63, 3.8) is 0 Å². The first-order valence-corrected chi connectivity index (χ1v) is 9.10. The van der Waals surface area contributed by atoms with Gasteiger partial charge in [-0.05, 0) is 24.5 Å². The highest BCUT2D eigenvalue weighted by molar-refractivity contribution is 5.86. The summed E-state index contributed by atoms with van der Waals surface area (Å²) in [6, 6.07) is 9.23. The van der Waals surface area contributed by atoms with E-state index in [1.165, 1.54) is 31.7 Å². The van der Waals surface area contributed by atoms with Gasteiger partial charge in [0.1, 0.15) is 11.9 Å². The molecule has 7 nitrogen and oxygen atoms in total. The number of amides is 1. The summed E-state index contributed by atoms with van der Waals surface area (Å²) < 4.78 is 4.53. The highest BCUT2D eigenvalue weighted by atomic mass is 16.5. The lowest BCUT2D eigenvalue weighted by Crippen LogP contribution is -2.44. The zero-order valence-corrected chi connectivity index (χ0v) is 16.5. The minimum atomic E-state index is -0.465. The summed E-state index contributed by atoms with van der Waals surface area (Å²) in [4.78, 5) is 32.4. The van der Waals surface area contributed by atoms with Crippen LogP contribution in [0.1, 0.15) is 38.1 Å². The molecule has 2 rings (SSSR count). The molecule has 0 fully saturated rings. The lowest BCUT2D eigenvalue weighted by molar-refractivity contribution is -0.134. The minimum Gasteiger partial charge on any atom is -0.466 e. The SMILES string of the molecule is COC(=O)C=Cc1cnc(N[C@@H](C(=O)N[C@@H](C)c2ccccc2)C(C)C)cn1. The zero-order chi connectivity index (χ0) is 20.5. The minimum absolute atomic E-state index is 0.0451. The molecule has 2 N–H and O–H groups in total. The molecule has 28 heavy (non-hydrogen) atoms. The van der Waals surface area contributed by atoms with Gasteiger partial charge in [0.25, 0.3) is 0 Å². The molecule has 0 saturated heterocycles. The molecule has 0 aliphatic carbocycles. The Labute approximate surface area is 165 Å². The highest BCUT2D eigenvalue weighted by Gasteiger charge is 2.24. The Hall–Kier alpha value is -3.22. The molecule has 1 aromatic heterocycles. The molecule has 0 aliphatic heterocycles. The number of anilines is 1. The fraction of sp³-hybridized carbons (Fsp3) is 0.333. The van der Waals surface area contributed by atoms with Crippen molar-refractivity contribution in [2.75, 3.05) is 12.4 Å². The molecule has 0 bridgehead atoms. The number of esters is 1. The van der Waals surface area contributed by atoms with E-state index >= 15 is 0 Å². The Balaban J connectivity index is 2.02. The molecule has 0 radical (unpaired) electrons. The van der Waals surface area contributed by atoms with E-state index in [1.54, 1.807) is 0 Å². The maximum Gasteiger partial charge on any atom is 0.330 e. The van der Waals surface area contributed by atoms with Crippen molar-refractivity contribution in [3.05, 3.63) is 60.1 Å². The third-order valence-electron chi connectivity index (χ3n) is 4.17. The molecule has 148 valence electrons. The zero-order valence-electron chi connectivity index (χ0n) is 16.5. The second-order valence-electron chi connectivity index (χ2n) is 6.69. The molecule has 1 heterocycles. The van der Waals surface area contributed by atoms with Crippen LogP contribution in [0.15, 0.2) is 48.8 Å². The fourth-order valence-electron chi connectivity index (χ4n) is 2.54. The fourth-order valence-corrected chi connectivity index (χ4v) is 2.54. The van der Waals surface area contributed by atoms with E-state index in [-0.39, 0.29) is 17.9 Å². The predicted molar refractivity (Wildman–Crippen MR) is 108 cm³/mol. The molecule has 1 aromatic carbocycles. The van der Waals surface area contributed by atoms with Crippen molar-refractivity contribution in [2.24, 2.45) is 5.92 Å². The maximum atomic E-state index is 12.8. The van der Waals surface area contributed by atoms with Gasteiger partial charge in [-0.1, -0.05) is 44.2 Å². The monoisotopic (exact) mass is 382 g/mol. The Bertz CT molecular complexity index is 804. The molecule has 7 heteroatoms. The van der Waals surface area contributed by atoms with E-state index in [2.05, 4.69) is 25.3 Å². The quantitative estimate of drug-likeness (QED) is 0.539. The average Bonchev–Trinajstić information content (AvgIpc) is 2.71. The van der Waals surface area contributed by atoms with Gasteiger partial charge in [-0.15, -0.1) is 0 Å². The topological polar surface area (TPSA) is 93.2 Å². The van der Waals surface area contributed by atoms with Crippen LogP contribution in [-0.2, 0) is 14.3 Å². The summed E-state index contributed by atoms with van der Waals surface area (Å²) in [5, 5.41) is 6.17. The number of carbonyl (C=O) groups excluding carboxylic acids is 2. The molecule has 0 spiro atoms. The van der Waals surface area contributed by atoms with Gasteiger partial charge in [0.2, 0.25) is 5.91 Å².